The predicted molar refractivity (Wildman–Crippen MR) is 66.5 cm³/mol. The molecule has 0 spiro atoms. The second-order valence-corrected chi connectivity index (χ2v) is 3.93. The fraction of sp³-hybridized carbons (Fsp3) is 0.250. The number of H-pyrrole nitrogens is 1. The first kappa shape index (κ1) is 12.1. The Labute approximate surface area is 105 Å². The summed E-state index contributed by atoms with van der Waals surface area (Å²) in [4.78, 5) is 17.3. The number of nitrogens with one attached hydrogen (secondary N) is 2. The van der Waals surface area contributed by atoms with Gasteiger partial charge in [-0.2, -0.15) is 5.10 Å². The van der Waals surface area contributed by atoms with Gasteiger partial charge in [-0.15, -0.1) is 0 Å². The van der Waals surface area contributed by atoms with E-state index in [4.69, 9.17) is 0 Å². The molecule has 0 bridgehead atoms. The van der Waals surface area contributed by atoms with Crippen LogP contribution < -0.4 is 5.32 Å². The molecule has 6 heteroatoms. The topological polar surface area (TPSA) is 73.9 Å². The van der Waals surface area contributed by atoms with Crippen molar-refractivity contribution in [2.24, 2.45) is 0 Å². The minimum Gasteiger partial charge on any atom is -0.334 e. The van der Waals surface area contributed by atoms with Crippen LogP contribution >= 0.6 is 0 Å². The third-order valence-corrected chi connectivity index (χ3v) is 2.49. The largest absolute Gasteiger partial charge is 0.334 e. The Morgan fingerprint density at radius 1 is 1.39 bits per heavy atom. The summed E-state index contributed by atoms with van der Waals surface area (Å²) in [5, 5.41) is 9.28. The van der Waals surface area contributed by atoms with Crippen molar-refractivity contribution < 1.29 is 4.79 Å². The molecule has 0 unspecified atom stereocenters. The number of carbonyl (C=O) groups excluding carboxylic acids is 1. The van der Waals surface area contributed by atoms with Crippen LogP contribution in [-0.4, -0.2) is 33.2 Å². The average molecular weight is 245 g/mol. The van der Waals surface area contributed by atoms with Gasteiger partial charge in [0.15, 0.2) is 0 Å². The molecule has 2 amide bonds. The molecule has 0 aliphatic carbocycles. The van der Waals surface area contributed by atoms with Gasteiger partial charge in [-0.3, -0.25) is 5.10 Å². The van der Waals surface area contributed by atoms with E-state index in [0.29, 0.717) is 18.9 Å². The zero-order valence-corrected chi connectivity index (χ0v) is 10.1. The monoisotopic (exact) mass is 245 g/mol. The summed E-state index contributed by atoms with van der Waals surface area (Å²) in [5.41, 5.74) is 1.07. The SMILES string of the molecule is CN(Cc1ncn[nH]1)C(=O)NCc1ccccc1. The lowest BCUT2D eigenvalue weighted by Crippen LogP contribution is -2.36. The molecule has 6 nitrogen and oxygen atoms in total. The molecule has 0 aliphatic rings. The van der Waals surface area contributed by atoms with Gasteiger partial charge < -0.3 is 10.2 Å². The number of carbonyl (C=O) groups is 1. The Morgan fingerprint density at radius 2 is 2.17 bits per heavy atom. The Kier molecular flexibility index (Phi) is 3.90. The fourth-order valence-corrected chi connectivity index (χ4v) is 1.51. The summed E-state index contributed by atoms with van der Waals surface area (Å²) < 4.78 is 0. The van der Waals surface area contributed by atoms with Gasteiger partial charge in [0.1, 0.15) is 12.2 Å². The average Bonchev–Trinajstić information content (AvgIpc) is 2.90. The number of nitrogens with zero attached hydrogens (tertiary/aromatic N) is 3. The molecule has 0 atom stereocenters. The molecule has 1 heterocycles. The molecule has 2 aromatic rings. The molecule has 1 aromatic heterocycles. The molecule has 2 N–H and O–H groups in total. The first-order chi connectivity index (χ1) is 8.75. The van der Waals surface area contributed by atoms with Crippen LogP contribution in [0.4, 0.5) is 4.79 Å². The highest BCUT2D eigenvalue weighted by Crippen LogP contribution is 1.99. The highest BCUT2D eigenvalue weighted by atomic mass is 16.2. The van der Waals surface area contributed by atoms with Crippen LogP contribution in [0.25, 0.3) is 0 Å². The standard InChI is InChI=1S/C12H15N5O/c1-17(8-11-14-9-15-16-11)12(18)13-7-10-5-3-2-4-6-10/h2-6,9H,7-8H2,1H3,(H,13,18)(H,14,15,16). The molecular weight excluding hydrogens is 230 g/mol. The molecule has 1 aromatic carbocycles. The first-order valence-corrected chi connectivity index (χ1v) is 5.63. The number of urea groups is 1. The molecule has 0 aliphatic heterocycles. The van der Waals surface area contributed by atoms with E-state index >= 15 is 0 Å². The lowest BCUT2D eigenvalue weighted by molar-refractivity contribution is 0.205. The van der Waals surface area contributed by atoms with Crippen LogP contribution in [-0.2, 0) is 13.1 Å². The van der Waals surface area contributed by atoms with Crippen molar-refractivity contribution in [1.29, 1.82) is 0 Å². The molecule has 0 fully saturated rings. The molecule has 0 saturated heterocycles. The number of benzene rings is 1. The van der Waals surface area contributed by atoms with E-state index in [9.17, 15) is 4.79 Å². The maximum Gasteiger partial charge on any atom is 0.317 e. The molecular formula is C12H15N5O. The summed E-state index contributed by atoms with van der Waals surface area (Å²) in [7, 11) is 1.71. The van der Waals surface area contributed by atoms with Crippen LogP contribution in [0, 0.1) is 0 Å². The van der Waals surface area contributed by atoms with E-state index in [1.54, 1.807) is 11.9 Å². The number of aromatic amines is 1. The zero-order valence-electron chi connectivity index (χ0n) is 10.1. The van der Waals surface area contributed by atoms with Crippen LogP contribution in [0.5, 0.6) is 0 Å². The minimum atomic E-state index is -0.143. The lowest BCUT2D eigenvalue weighted by Gasteiger charge is -2.16. The van der Waals surface area contributed by atoms with Gasteiger partial charge in [-0.25, -0.2) is 9.78 Å². The maximum atomic E-state index is 11.8. The van der Waals surface area contributed by atoms with Crippen molar-refractivity contribution in [2.45, 2.75) is 13.1 Å². The highest BCUT2D eigenvalue weighted by molar-refractivity contribution is 5.73. The van der Waals surface area contributed by atoms with E-state index in [2.05, 4.69) is 20.5 Å². The van der Waals surface area contributed by atoms with E-state index < -0.39 is 0 Å². The van der Waals surface area contributed by atoms with Gasteiger partial charge in [0.05, 0.1) is 6.54 Å². The van der Waals surface area contributed by atoms with Crippen LogP contribution in [0.15, 0.2) is 36.7 Å². The second kappa shape index (κ2) is 5.81. The highest BCUT2D eigenvalue weighted by Gasteiger charge is 2.09. The van der Waals surface area contributed by atoms with Crippen molar-refractivity contribution in [3.05, 3.63) is 48.0 Å². The lowest BCUT2D eigenvalue weighted by atomic mass is 10.2. The summed E-state index contributed by atoms with van der Waals surface area (Å²) in [6.07, 6.45) is 1.42. The molecule has 0 radical (unpaired) electrons. The molecule has 0 saturated carbocycles. The van der Waals surface area contributed by atoms with E-state index in [1.165, 1.54) is 6.33 Å². The molecule has 2 rings (SSSR count). The number of hydrogen-bond donors (Lipinski definition) is 2. The Bertz CT molecular complexity index is 482. The van der Waals surface area contributed by atoms with Crippen LogP contribution in [0.2, 0.25) is 0 Å². The minimum absolute atomic E-state index is 0.143. The van der Waals surface area contributed by atoms with Gasteiger partial charge in [-0.1, -0.05) is 30.3 Å². The van der Waals surface area contributed by atoms with Crippen molar-refractivity contribution in [3.63, 3.8) is 0 Å². The Balaban J connectivity index is 1.81. The third-order valence-electron chi connectivity index (χ3n) is 2.49. The van der Waals surface area contributed by atoms with Crippen molar-refractivity contribution >= 4 is 6.03 Å². The Hall–Kier alpha value is -2.37. The zero-order chi connectivity index (χ0) is 12.8. The number of amides is 2. The van der Waals surface area contributed by atoms with Crippen LogP contribution in [0.1, 0.15) is 11.4 Å². The summed E-state index contributed by atoms with van der Waals surface area (Å²) >= 11 is 0. The van der Waals surface area contributed by atoms with Gasteiger partial charge >= 0.3 is 6.03 Å². The van der Waals surface area contributed by atoms with E-state index in [0.717, 1.165) is 5.56 Å². The van der Waals surface area contributed by atoms with Gasteiger partial charge in [0.2, 0.25) is 0 Å². The smallest absolute Gasteiger partial charge is 0.317 e. The second-order valence-electron chi connectivity index (χ2n) is 3.93. The summed E-state index contributed by atoms with van der Waals surface area (Å²) in [6.45, 7) is 0.918. The van der Waals surface area contributed by atoms with Gasteiger partial charge in [0, 0.05) is 13.6 Å². The summed E-state index contributed by atoms with van der Waals surface area (Å²) in [5.74, 6) is 0.660. The van der Waals surface area contributed by atoms with Crippen molar-refractivity contribution in [2.75, 3.05) is 7.05 Å². The summed E-state index contributed by atoms with van der Waals surface area (Å²) in [6, 6.07) is 9.63. The van der Waals surface area contributed by atoms with Crippen LogP contribution in [0.3, 0.4) is 0 Å². The molecule has 18 heavy (non-hydrogen) atoms. The van der Waals surface area contributed by atoms with E-state index in [-0.39, 0.29) is 6.03 Å². The van der Waals surface area contributed by atoms with Gasteiger partial charge in [-0.05, 0) is 5.56 Å². The normalized spacial score (nSPS) is 10.1. The third kappa shape index (κ3) is 3.31. The number of aromatic nitrogens is 3. The maximum absolute atomic E-state index is 11.8. The first-order valence-electron chi connectivity index (χ1n) is 5.63. The Morgan fingerprint density at radius 3 is 2.83 bits per heavy atom. The number of hydrogen-bond acceptors (Lipinski definition) is 3. The number of rotatable bonds is 4. The van der Waals surface area contributed by atoms with E-state index in [1.807, 2.05) is 30.3 Å². The van der Waals surface area contributed by atoms with Crippen molar-refractivity contribution in [1.82, 2.24) is 25.4 Å². The quantitative estimate of drug-likeness (QED) is 0.848. The van der Waals surface area contributed by atoms with Crippen molar-refractivity contribution in [3.8, 4) is 0 Å². The van der Waals surface area contributed by atoms with Gasteiger partial charge in [0.25, 0.3) is 0 Å². The fourth-order valence-electron chi connectivity index (χ4n) is 1.51. The molecule has 94 valence electrons. The predicted octanol–water partition coefficient (Wildman–Crippen LogP) is 1.15.